The third-order valence-corrected chi connectivity index (χ3v) is 4.56. The number of carbonyl (C=O) groups excluding carboxylic acids is 1. The molecule has 0 spiro atoms. The molecule has 0 aliphatic carbocycles. The Kier molecular flexibility index (Phi) is 4.78. The maximum Gasteiger partial charge on any atom is 0.213 e. The van der Waals surface area contributed by atoms with E-state index in [9.17, 15) is 9.90 Å². The van der Waals surface area contributed by atoms with Crippen LogP contribution in [0.25, 0.3) is 6.08 Å². The number of aromatic amines is 1. The zero-order valence-corrected chi connectivity index (χ0v) is 13.1. The van der Waals surface area contributed by atoms with Crippen LogP contribution >= 0.6 is 39.0 Å². The first-order valence-corrected chi connectivity index (χ1v) is 7.78. The highest BCUT2D eigenvalue weighted by Crippen LogP contribution is 2.29. The number of carboxylic acid groups (broad SMARTS) is 1. The van der Waals surface area contributed by atoms with Crippen molar-refractivity contribution < 1.29 is 9.90 Å². The average Bonchev–Trinajstić information content (AvgIpc) is 2.97. The molecule has 0 bridgehead atoms. The standard InChI is InChI=1S/C11H10BrN3O2S2/c1-2-9-13-11(15-14-9)19-7(10(16)17)5-6-3-4-8(12)18-6/h3-5H,2H2,1H3,(H,16,17)(H,13,14,15)/p-1/b7-5+. The maximum absolute atomic E-state index is 11.1. The molecule has 0 unspecified atom stereocenters. The molecule has 2 aromatic rings. The van der Waals surface area contributed by atoms with Gasteiger partial charge in [-0.2, -0.15) is 0 Å². The summed E-state index contributed by atoms with van der Waals surface area (Å²) in [4.78, 5) is 16.2. The highest BCUT2D eigenvalue weighted by Gasteiger charge is 2.08. The predicted molar refractivity (Wildman–Crippen MR) is 76.6 cm³/mol. The predicted octanol–water partition coefficient (Wildman–Crippen LogP) is 2.07. The van der Waals surface area contributed by atoms with Crippen LogP contribution in [0.4, 0.5) is 0 Å². The maximum atomic E-state index is 11.1. The normalized spacial score (nSPS) is 11.8. The third kappa shape index (κ3) is 3.92. The molecule has 2 aromatic heterocycles. The number of nitrogens with zero attached hydrogens (tertiary/aromatic N) is 2. The zero-order chi connectivity index (χ0) is 13.8. The lowest BCUT2D eigenvalue weighted by Gasteiger charge is -2.04. The fraction of sp³-hybridized carbons (Fsp3) is 0.182. The molecule has 2 heterocycles. The molecule has 0 saturated heterocycles. The fourth-order valence-corrected chi connectivity index (χ4v) is 3.40. The Balaban J connectivity index is 2.21. The van der Waals surface area contributed by atoms with Crippen LogP contribution < -0.4 is 5.11 Å². The number of hydrogen-bond acceptors (Lipinski definition) is 6. The molecule has 0 radical (unpaired) electrons. The molecule has 0 amide bonds. The minimum atomic E-state index is -1.24. The topological polar surface area (TPSA) is 81.7 Å². The van der Waals surface area contributed by atoms with Gasteiger partial charge in [-0.15, -0.1) is 16.4 Å². The summed E-state index contributed by atoms with van der Waals surface area (Å²) in [5.41, 5.74) is 0. The molecular formula is C11H9BrN3O2S2-. The van der Waals surface area contributed by atoms with E-state index >= 15 is 0 Å². The summed E-state index contributed by atoms with van der Waals surface area (Å²) in [6, 6.07) is 3.68. The number of thioether (sulfide) groups is 1. The van der Waals surface area contributed by atoms with Gasteiger partial charge in [0.1, 0.15) is 5.82 Å². The highest BCUT2D eigenvalue weighted by molar-refractivity contribution is 9.11. The quantitative estimate of drug-likeness (QED) is 0.653. The van der Waals surface area contributed by atoms with Gasteiger partial charge in [0.25, 0.3) is 0 Å². The Hall–Kier alpha value is -1.12. The number of rotatable bonds is 5. The Bertz CT molecular complexity index is 621. The first-order chi connectivity index (χ1) is 9.08. The molecular weight excluding hydrogens is 350 g/mol. The van der Waals surface area contributed by atoms with Crippen LogP contribution in [0.2, 0.25) is 0 Å². The van der Waals surface area contributed by atoms with Crippen molar-refractivity contribution in [2.45, 2.75) is 18.5 Å². The number of carboxylic acids is 1. The number of nitrogens with one attached hydrogen (secondary N) is 1. The van der Waals surface area contributed by atoms with Gasteiger partial charge in [0, 0.05) is 16.2 Å². The Morgan fingerprint density at radius 2 is 2.42 bits per heavy atom. The Morgan fingerprint density at radius 1 is 1.63 bits per heavy atom. The van der Waals surface area contributed by atoms with Crippen molar-refractivity contribution in [1.82, 2.24) is 15.2 Å². The number of halogens is 1. The second kappa shape index (κ2) is 6.36. The number of aromatic nitrogens is 3. The minimum Gasteiger partial charge on any atom is -0.544 e. The van der Waals surface area contributed by atoms with Gasteiger partial charge < -0.3 is 9.90 Å². The fourth-order valence-electron chi connectivity index (χ4n) is 1.25. The van der Waals surface area contributed by atoms with Crippen molar-refractivity contribution in [3.8, 4) is 0 Å². The zero-order valence-electron chi connectivity index (χ0n) is 9.84. The number of hydrogen-bond donors (Lipinski definition) is 1. The van der Waals surface area contributed by atoms with Gasteiger partial charge in [-0.25, -0.2) is 4.98 Å². The molecule has 1 N–H and O–H groups in total. The summed E-state index contributed by atoms with van der Waals surface area (Å²) < 4.78 is 0.938. The van der Waals surface area contributed by atoms with Crippen molar-refractivity contribution >= 4 is 51.1 Å². The number of carbonyl (C=O) groups is 1. The SMILES string of the molecule is CCc1nc(S/C(=C/c2ccc(Br)s2)C(=O)[O-])n[nH]1. The van der Waals surface area contributed by atoms with Crippen molar-refractivity contribution in [2.75, 3.05) is 0 Å². The van der Waals surface area contributed by atoms with Crippen LogP contribution in [0.5, 0.6) is 0 Å². The van der Waals surface area contributed by atoms with Gasteiger partial charge in [-0.05, 0) is 45.9 Å². The number of H-pyrrole nitrogens is 1. The Labute approximate surface area is 126 Å². The number of aliphatic carboxylic acids is 1. The summed E-state index contributed by atoms with van der Waals surface area (Å²) in [6.45, 7) is 1.94. The monoisotopic (exact) mass is 358 g/mol. The highest BCUT2D eigenvalue weighted by atomic mass is 79.9. The first kappa shape index (κ1) is 14.3. The van der Waals surface area contributed by atoms with E-state index in [4.69, 9.17) is 0 Å². The van der Waals surface area contributed by atoms with E-state index in [-0.39, 0.29) is 4.91 Å². The molecule has 100 valence electrons. The molecule has 0 atom stereocenters. The molecule has 2 rings (SSSR count). The lowest BCUT2D eigenvalue weighted by molar-refractivity contribution is -0.297. The minimum absolute atomic E-state index is 0.0796. The number of thiophene rings is 1. The summed E-state index contributed by atoms with van der Waals surface area (Å²) in [7, 11) is 0. The summed E-state index contributed by atoms with van der Waals surface area (Å²) >= 11 is 5.74. The van der Waals surface area contributed by atoms with Crippen molar-refractivity contribution in [2.24, 2.45) is 0 Å². The second-order valence-electron chi connectivity index (χ2n) is 3.46. The van der Waals surface area contributed by atoms with Crippen molar-refractivity contribution in [1.29, 1.82) is 0 Å². The van der Waals surface area contributed by atoms with Gasteiger partial charge in [0.2, 0.25) is 5.16 Å². The summed E-state index contributed by atoms with van der Waals surface area (Å²) in [5.74, 6) is -0.517. The molecule has 5 nitrogen and oxygen atoms in total. The Morgan fingerprint density at radius 3 is 2.95 bits per heavy atom. The number of aryl methyl sites for hydroxylation is 1. The van der Waals surface area contributed by atoms with Gasteiger partial charge >= 0.3 is 0 Å². The summed E-state index contributed by atoms with van der Waals surface area (Å²) in [5, 5.41) is 18.2. The van der Waals surface area contributed by atoms with Crippen LogP contribution in [0.3, 0.4) is 0 Å². The molecule has 19 heavy (non-hydrogen) atoms. The van der Waals surface area contributed by atoms with Gasteiger partial charge in [-0.1, -0.05) is 6.92 Å². The van der Waals surface area contributed by atoms with Crippen LogP contribution in [0.15, 0.2) is 26.0 Å². The van der Waals surface area contributed by atoms with Gasteiger partial charge in [-0.3, -0.25) is 5.10 Å². The molecule has 0 fully saturated rings. The van der Waals surface area contributed by atoms with E-state index in [2.05, 4.69) is 31.1 Å². The molecule has 8 heteroatoms. The largest absolute Gasteiger partial charge is 0.544 e. The van der Waals surface area contributed by atoms with Gasteiger partial charge in [0.15, 0.2) is 0 Å². The summed E-state index contributed by atoms with van der Waals surface area (Å²) in [6.07, 6.45) is 2.27. The molecule has 0 aromatic carbocycles. The first-order valence-electron chi connectivity index (χ1n) is 5.36. The molecule has 0 aliphatic rings. The third-order valence-electron chi connectivity index (χ3n) is 2.12. The van der Waals surface area contributed by atoms with Crippen LogP contribution in [0, 0.1) is 0 Å². The lowest BCUT2D eigenvalue weighted by Crippen LogP contribution is -2.23. The van der Waals surface area contributed by atoms with E-state index in [1.165, 1.54) is 11.3 Å². The smallest absolute Gasteiger partial charge is 0.213 e. The second-order valence-corrected chi connectivity index (χ2v) is 6.96. The van der Waals surface area contributed by atoms with Crippen LogP contribution in [-0.2, 0) is 11.2 Å². The van der Waals surface area contributed by atoms with Crippen molar-refractivity contribution in [3.63, 3.8) is 0 Å². The average molecular weight is 359 g/mol. The van der Waals surface area contributed by atoms with E-state index < -0.39 is 5.97 Å². The lowest BCUT2D eigenvalue weighted by atomic mass is 10.4. The van der Waals surface area contributed by atoms with E-state index in [0.717, 1.165) is 32.7 Å². The van der Waals surface area contributed by atoms with E-state index in [0.29, 0.717) is 5.16 Å². The molecule has 0 saturated carbocycles. The van der Waals surface area contributed by atoms with E-state index in [1.807, 2.05) is 19.1 Å². The molecule has 0 aliphatic heterocycles. The van der Waals surface area contributed by atoms with Crippen LogP contribution in [0.1, 0.15) is 17.6 Å². The van der Waals surface area contributed by atoms with Crippen LogP contribution in [-0.4, -0.2) is 21.2 Å². The van der Waals surface area contributed by atoms with Crippen molar-refractivity contribution in [3.05, 3.63) is 31.5 Å². The van der Waals surface area contributed by atoms with E-state index in [1.54, 1.807) is 6.08 Å². The van der Waals surface area contributed by atoms with Gasteiger partial charge in [0.05, 0.1) is 9.76 Å².